The maximum absolute atomic E-state index is 14.6. The minimum absolute atomic E-state index is 0.0321. The van der Waals surface area contributed by atoms with E-state index in [1.165, 1.54) is 18.2 Å². The molecule has 0 fully saturated rings. The average molecular weight is 415 g/mol. The summed E-state index contributed by atoms with van der Waals surface area (Å²) in [5.41, 5.74) is 1.73. The fourth-order valence-electron chi connectivity index (χ4n) is 4.58. The van der Waals surface area contributed by atoms with E-state index in [0.29, 0.717) is 23.1 Å². The number of carbonyl (C=O) groups excluding carboxylic acids is 1. The molecule has 2 aliphatic rings. The Hall–Kier alpha value is -2.57. The van der Waals surface area contributed by atoms with Crippen molar-refractivity contribution >= 4 is 17.4 Å². The van der Waals surface area contributed by atoms with Crippen molar-refractivity contribution in [3.63, 3.8) is 0 Å². The quantitative estimate of drug-likeness (QED) is 0.696. The largest absolute Gasteiger partial charge is 0.382 e. The van der Waals surface area contributed by atoms with Crippen molar-refractivity contribution in [3.8, 4) is 11.3 Å². The number of aryl methyl sites for hydroxylation is 1. The SMILES string of the molecule is O=C(CC1c2c(F)cccc2-c2cncn21)C1(O)CCc2cc(F)c(Cl)cc2C1. The number of nitrogens with zero attached hydrogens (tertiary/aromatic N) is 2. The van der Waals surface area contributed by atoms with Gasteiger partial charge in [0.25, 0.3) is 0 Å². The molecule has 2 aromatic carbocycles. The third-order valence-electron chi connectivity index (χ3n) is 6.10. The zero-order chi connectivity index (χ0) is 20.3. The Labute approximate surface area is 170 Å². The molecule has 7 heteroatoms. The number of aliphatic hydroxyl groups is 1. The van der Waals surface area contributed by atoms with Crippen LogP contribution < -0.4 is 0 Å². The Balaban J connectivity index is 1.46. The zero-order valence-electron chi connectivity index (χ0n) is 15.3. The summed E-state index contributed by atoms with van der Waals surface area (Å²) < 4.78 is 30.1. The van der Waals surface area contributed by atoms with Crippen molar-refractivity contribution in [2.45, 2.75) is 37.3 Å². The van der Waals surface area contributed by atoms with Gasteiger partial charge in [0.2, 0.25) is 0 Å². The summed E-state index contributed by atoms with van der Waals surface area (Å²) in [4.78, 5) is 17.3. The molecule has 0 spiro atoms. The van der Waals surface area contributed by atoms with Crippen molar-refractivity contribution in [2.24, 2.45) is 0 Å². The van der Waals surface area contributed by atoms with Crippen LogP contribution in [0.25, 0.3) is 11.3 Å². The first-order valence-corrected chi connectivity index (χ1v) is 9.78. The van der Waals surface area contributed by atoms with Gasteiger partial charge in [0, 0.05) is 24.0 Å². The fraction of sp³-hybridized carbons (Fsp3) is 0.273. The molecule has 0 saturated heterocycles. The number of hydrogen-bond acceptors (Lipinski definition) is 3. The summed E-state index contributed by atoms with van der Waals surface area (Å²) in [7, 11) is 0. The van der Waals surface area contributed by atoms with Gasteiger partial charge in [0.1, 0.15) is 17.2 Å². The van der Waals surface area contributed by atoms with Gasteiger partial charge >= 0.3 is 0 Å². The smallest absolute Gasteiger partial charge is 0.167 e. The lowest BCUT2D eigenvalue weighted by atomic mass is 9.76. The Bertz CT molecular complexity index is 1160. The first-order valence-electron chi connectivity index (χ1n) is 9.40. The van der Waals surface area contributed by atoms with Crippen molar-refractivity contribution in [2.75, 3.05) is 0 Å². The molecule has 2 unspecified atom stereocenters. The van der Waals surface area contributed by atoms with Crippen LogP contribution in [0.3, 0.4) is 0 Å². The van der Waals surface area contributed by atoms with Gasteiger partial charge in [-0.15, -0.1) is 0 Å². The number of imidazole rings is 1. The Morgan fingerprint density at radius 2 is 2.10 bits per heavy atom. The maximum Gasteiger partial charge on any atom is 0.167 e. The lowest BCUT2D eigenvalue weighted by Crippen LogP contribution is -2.44. The molecule has 5 rings (SSSR count). The number of fused-ring (bicyclic) bond motifs is 4. The Morgan fingerprint density at radius 3 is 2.93 bits per heavy atom. The average Bonchev–Trinajstić information content (AvgIpc) is 3.26. The van der Waals surface area contributed by atoms with Gasteiger partial charge in [-0.05, 0) is 42.2 Å². The van der Waals surface area contributed by atoms with E-state index in [-0.39, 0.29) is 35.9 Å². The third-order valence-corrected chi connectivity index (χ3v) is 6.38. The molecule has 1 aliphatic heterocycles. The molecule has 2 atom stereocenters. The van der Waals surface area contributed by atoms with Crippen LogP contribution in [0.4, 0.5) is 8.78 Å². The highest BCUT2D eigenvalue weighted by Gasteiger charge is 2.42. The van der Waals surface area contributed by atoms with Crippen LogP contribution in [0, 0.1) is 11.6 Å². The van der Waals surface area contributed by atoms with E-state index in [2.05, 4.69) is 4.98 Å². The highest BCUT2D eigenvalue weighted by molar-refractivity contribution is 6.30. The molecule has 148 valence electrons. The van der Waals surface area contributed by atoms with Crippen molar-refractivity contribution in [1.29, 1.82) is 0 Å². The van der Waals surface area contributed by atoms with E-state index in [0.717, 1.165) is 11.3 Å². The summed E-state index contributed by atoms with van der Waals surface area (Å²) in [6.45, 7) is 0. The normalized spacial score (nSPS) is 22.1. The van der Waals surface area contributed by atoms with Gasteiger partial charge < -0.3 is 9.67 Å². The van der Waals surface area contributed by atoms with Gasteiger partial charge in [-0.1, -0.05) is 23.7 Å². The van der Waals surface area contributed by atoms with E-state index >= 15 is 0 Å². The van der Waals surface area contributed by atoms with E-state index < -0.39 is 17.5 Å². The molecule has 3 aromatic rings. The molecule has 0 radical (unpaired) electrons. The molecule has 1 aromatic heterocycles. The summed E-state index contributed by atoms with van der Waals surface area (Å²) in [5.74, 6) is -1.26. The van der Waals surface area contributed by atoms with Crippen LogP contribution in [0.5, 0.6) is 0 Å². The van der Waals surface area contributed by atoms with Gasteiger partial charge in [-0.25, -0.2) is 13.8 Å². The number of carbonyl (C=O) groups is 1. The number of hydrogen-bond donors (Lipinski definition) is 1. The summed E-state index contributed by atoms with van der Waals surface area (Å²) in [6, 6.07) is 7.09. The van der Waals surface area contributed by atoms with E-state index in [1.807, 2.05) is 0 Å². The second-order valence-corrected chi connectivity index (χ2v) is 8.18. The molecule has 0 saturated carbocycles. The Kier molecular flexibility index (Phi) is 4.12. The number of rotatable bonds is 3. The molecule has 1 aliphatic carbocycles. The maximum atomic E-state index is 14.6. The first-order chi connectivity index (χ1) is 13.9. The molecule has 0 bridgehead atoms. The van der Waals surface area contributed by atoms with Crippen LogP contribution >= 0.6 is 11.6 Å². The van der Waals surface area contributed by atoms with Crippen molar-refractivity contribution in [1.82, 2.24) is 9.55 Å². The predicted molar refractivity (Wildman–Crippen MR) is 104 cm³/mol. The molecular formula is C22H17ClF2N2O2. The number of ketones is 1. The molecular weight excluding hydrogens is 398 g/mol. The van der Waals surface area contributed by atoms with Gasteiger partial charge in [0.05, 0.1) is 29.3 Å². The third kappa shape index (κ3) is 2.81. The van der Waals surface area contributed by atoms with Crippen LogP contribution in [0.2, 0.25) is 5.02 Å². The molecule has 1 N–H and O–H groups in total. The molecule has 0 amide bonds. The summed E-state index contributed by atoms with van der Waals surface area (Å²) in [5, 5.41) is 11.1. The number of aromatic nitrogens is 2. The fourth-order valence-corrected chi connectivity index (χ4v) is 4.76. The van der Waals surface area contributed by atoms with Gasteiger partial charge in [-0.2, -0.15) is 0 Å². The van der Waals surface area contributed by atoms with Crippen molar-refractivity contribution in [3.05, 3.63) is 76.2 Å². The minimum atomic E-state index is -1.59. The van der Waals surface area contributed by atoms with Gasteiger partial charge in [0.15, 0.2) is 5.78 Å². The summed E-state index contributed by atoms with van der Waals surface area (Å²) >= 11 is 5.88. The van der Waals surface area contributed by atoms with Crippen LogP contribution in [-0.2, 0) is 17.6 Å². The molecule has 2 heterocycles. The monoisotopic (exact) mass is 414 g/mol. The van der Waals surface area contributed by atoms with E-state index in [1.54, 1.807) is 29.2 Å². The number of halogens is 3. The van der Waals surface area contributed by atoms with Gasteiger partial charge in [-0.3, -0.25) is 4.79 Å². The Morgan fingerprint density at radius 1 is 1.28 bits per heavy atom. The highest BCUT2D eigenvalue weighted by Crippen LogP contribution is 2.43. The van der Waals surface area contributed by atoms with E-state index in [4.69, 9.17) is 11.6 Å². The van der Waals surface area contributed by atoms with E-state index in [9.17, 15) is 18.7 Å². The molecule has 4 nitrogen and oxygen atoms in total. The topological polar surface area (TPSA) is 55.1 Å². The van der Waals surface area contributed by atoms with Crippen LogP contribution in [0.15, 0.2) is 42.9 Å². The van der Waals surface area contributed by atoms with Crippen LogP contribution in [-0.4, -0.2) is 26.0 Å². The lowest BCUT2D eigenvalue weighted by Gasteiger charge is -2.33. The second kappa shape index (κ2) is 6.47. The zero-order valence-corrected chi connectivity index (χ0v) is 16.1. The second-order valence-electron chi connectivity index (χ2n) is 7.77. The standard InChI is InChI=1S/C22H17ClF2N2O2/c23-15-6-13-9-22(29,5-4-12(13)7-17(15)25)20(28)8-18-21-14(2-1-3-16(21)24)19-10-26-11-27(18)19/h1-3,6-7,10-11,18,29H,4-5,8-9H2. The lowest BCUT2D eigenvalue weighted by molar-refractivity contribution is -0.139. The highest BCUT2D eigenvalue weighted by atomic mass is 35.5. The summed E-state index contributed by atoms with van der Waals surface area (Å²) in [6.07, 6.45) is 3.79. The number of Topliss-reactive ketones (excluding diaryl/α,β-unsaturated/α-hetero) is 1. The molecule has 29 heavy (non-hydrogen) atoms. The first kappa shape index (κ1) is 18.5. The number of benzene rings is 2. The van der Waals surface area contributed by atoms with Crippen molar-refractivity contribution < 1.29 is 18.7 Å². The predicted octanol–water partition coefficient (Wildman–Crippen LogP) is 4.26. The minimum Gasteiger partial charge on any atom is -0.382 e. The van der Waals surface area contributed by atoms with Crippen LogP contribution in [0.1, 0.15) is 35.6 Å².